The van der Waals surface area contributed by atoms with E-state index in [0.717, 1.165) is 11.3 Å². The van der Waals surface area contributed by atoms with Crippen molar-refractivity contribution in [1.82, 2.24) is 0 Å². The average molecular weight is 358 g/mol. The largest absolute Gasteiger partial charge is 0.370 e. The number of para-hydroxylation sites is 2. The van der Waals surface area contributed by atoms with Crippen LogP contribution in [0.15, 0.2) is 42.5 Å². The van der Waals surface area contributed by atoms with Gasteiger partial charge in [-0.3, -0.25) is 14.5 Å². The fraction of sp³-hybridized carbons (Fsp3) is 0.263. The minimum atomic E-state index is -0.777. The molecule has 130 valence electrons. The molecule has 1 aliphatic heterocycles. The quantitative estimate of drug-likeness (QED) is 0.877. The van der Waals surface area contributed by atoms with Gasteiger partial charge in [-0.1, -0.05) is 29.8 Å². The maximum absolute atomic E-state index is 12.8. The van der Waals surface area contributed by atoms with E-state index in [1.165, 1.54) is 4.90 Å². The molecule has 0 fully saturated rings. The fourth-order valence-electron chi connectivity index (χ4n) is 2.88. The van der Waals surface area contributed by atoms with Crippen LogP contribution in [-0.4, -0.2) is 23.9 Å². The Labute approximate surface area is 152 Å². The highest BCUT2D eigenvalue weighted by molar-refractivity contribution is 6.31. The summed E-state index contributed by atoms with van der Waals surface area (Å²) in [6.07, 6.45) is 0. The Morgan fingerprint density at radius 1 is 1.20 bits per heavy atom. The summed E-state index contributed by atoms with van der Waals surface area (Å²) in [5.41, 5.74) is 2.20. The number of halogens is 1. The number of carbonyl (C=O) groups excluding carboxylic acids is 2. The summed E-state index contributed by atoms with van der Waals surface area (Å²) in [5, 5.41) is 6.64. The zero-order chi connectivity index (χ0) is 18.2. The third-order valence-corrected chi connectivity index (χ3v) is 4.67. The lowest BCUT2D eigenvalue weighted by Crippen LogP contribution is -2.55. The van der Waals surface area contributed by atoms with E-state index in [0.29, 0.717) is 16.4 Å². The zero-order valence-corrected chi connectivity index (χ0v) is 15.1. The molecule has 0 bridgehead atoms. The summed E-state index contributed by atoms with van der Waals surface area (Å²) in [6.45, 7) is 5.38. The summed E-state index contributed by atoms with van der Waals surface area (Å²) in [6, 6.07) is 12.8. The molecule has 0 aromatic heterocycles. The molecular formula is C19H20ClN3O2. The molecular weight excluding hydrogens is 338 g/mol. The van der Waals surface area contributed by atoms with Crippen LogP contribution >= 0.6 is 11.6 Å². The van der Waals surface area contributed by atoms with Crippen molar-refractivity contribution in [3.05, 3.63) is 53.1 Å². The molecule has 0 atom stereocenters. The van der Waals surface area contributed by atoms with Crippen LogP contribution in [0.3, 0.4) is 0 Å². The first-order valence-electron chi connectivity index (χ1n) is 8.04. The van der Waals surface area contributed by atoms with Gasteiger partial charge in [0.1, 0.15) is 12.1 Å². The monoisotopic (exact) mass is 357 g/mol. The first-order valence-corrected chi connectivity index (χ1v) is 8.41. The summed E-state index contributed by atoms with van der Waals surface area (Å²) >= 11 is 6.09. The normalized spacial score (nSPS) is 15.4. The average Bonchev–Trinajstić information content (AvgIpc) is 2.56. The van der Waals surface area contributed by atoms with Crippen LogP contribution in [-0.2, 0) is 9.59 Å². The molecule has 2 aromatic carbocycles. The van der Waals surface area contributed by atoms with Crippen molar-refractivity contribution >= 4 is 40.5 Å². The SMILES string of the molecule is Cc1c(Cl)cccc1NC(=O)CN1C(=O)C(C)(C)Nc2ccccc21. The molecule has 1 heterocycles. The van der Waals surface area contributed by atoms with Crippen LogP contribution < -0.4 is 15.5 Å². The van der Waals surface area contributed by atoms with E-state index in [9.17, 15) is 9.59 Å². The van der Waals surface area contributed by atoms with Gasteiger partial charge in [0.15, 0.2) is 0 Å². The topological polar surface area (TPSA) is 61.4 Å². The molecule has 0 aliphatic carbocycles. The van der Waals surface area contributed by atoms with E-state index < -0.39 is 5.54 Å². The molecule has 5 nitrogen and oxygen atoms in total. The van der Waals surface area contributed by atoms with Gasteiger partial charge >= 0.3 is 0 Å². The van der Waals surface area contributed by atoms with E-state index in [1.54, 1.807) is 32.0 Å². The minimum Gasteiger partial charge on any atom is -0.370 e. The van der Waals surface area contributed by atoms with E-state index in [-0.39, 0.29) is 18.4 Å². The number of carbonyl (C=O) groups is 2. The summed E-state index contributed by atoms with van der Waals surface area (Å²) < 4.78 is 0. The molecule has 0 spiro atoms. The number of rotatable bonds is 3. The Kier molecular flexibility index (Phi) is 4.43. The molecule has 2 amide bonds. The van der Waals surface area contributed by atoms with E-state index >= 15 is 0 Å². The number of nitrogens with one attached hydrogen (secondary N) is 2. The maximum atomic E-state index is 12.8. The third-order valence-electron chi connectivity index (χ3n) is 4.27. The van der Waals surface area contributed by atoms with Gasteiger partial charge in [0, 0.05) is 10.7 Å². The second-order valence-electron chi connectivity index (χ2n) is 6.62. The molecule has 6 heteroatoms. The van der Waals surface area contributed by atoms with Gasteiger partial charge in [0.2, 0.25) is 5.91 Å². The van der Waals surface area contributed by atoms with Crippen LogP contribution in [0.2, 0.25) is 5.02 Å². The molecule has 2 N–H and O–H groups in total. The van der Waals surface area contributed by atoms with E-state index in [2.05, 4.69) is 10.6 Å². The highest BCUT2D eigenvalue weighted by Gasteiger charge is 2.39. The Morgan fingerprint density at radius 3 is 2.68 bits per heavy atom. The Morgan fingerprint density at radius 2 is 1.92 bits per heavy atom. The van der Waals surface area contributed by atoms with Crippen molar-refractivity contribution in [2.45, 2.75) is 26.3 Å². The number of amides is 2. The van der Waals surface area contributed by atoms with Crippen LogP contribution in [0.1, 0.15) is 19.4 Å². The van der Waals surface area contributed by atoms with Crippen molar-refractivity contribution in [3.63, 3.8) is 0 Å². The van der Waals surface area contributed by atoms with Gasteiger partial charge in [-0.05, 0) is 50.6 Å². The zero-order valence-electron chi connectivity index (χ0n) is 14.4. The Bertz CT molecular complexity index is 848. The number of benzene rings is 2. The van der Waals surface area contributed by atoms with Gasteiger partial charge in [-0.2, -0.15) is 0 Å². The lowest BCUT2D eigenvalue weighted by atomic mass is 9.98. The number of anilines is 3. The minimum absolute atomic E-state index is 0.0626. The summed E-state index contributed by atoms with van der Waals surface area (Å²) in [7, 11) is 0. The summed E-state index contributed by atoms with van der Waals surface area (Å²) in [5.74, 6) is -0.421. The van der Waals surface area contributed by atoms with E-state index in [1.807, 2.05) is 31.2 Å². The van der Waals surface area contributed by atoms with Gasteiger partial charge < -0.3 is 10.6 Å². The smallest absolute Gasteiger partial charge is 0.252 e. The van der Waals surface area contributed by atoms with Crippen LogP contribution in [0, 0.1) is 6.92 Å². The lowest BCUT2D eigenvalue weighted by molar-refractivity contribution is -0.124. The molecule has 3 rings (SSSR count). The van der Waals surface area contributed by atoms with Crippen LogP contribution in [0.5, 0.6) is 0 Å². The number of hydrogen-bond donors (Lipinski definition) is 2. The van der Waals surface area contributed by atoms with Crippen LogP contribution in [0.25, 0.3) is 0 Å². The van der Waals surface area contributed by atoms with Crippen molar-refractivity contribution in [2.75, 3.05) is 22.1 Å². The number of hydrogen-bond acceptors (Lipinski definition) is 3. The van der Waals surface area contributed by atoms with Gasteiger partial charge in [0.25, 0.3) is 5.91 Å². The highest BCUT2D eigenvalue weighted by atomic mass is 35.5. The third kappa shape index (κ3) is 3.33. The molecule has 0 radical (unpaired) electrons. The second-order valence-corrected chi connectivity index (χ2v) is 7.03. The predicted molar refractivity (Wildman–Crippen MR) is 101 cm³/mol. The van der Waals surface area contributed by atoms with Gasteiger partial charge in [-0.15, -0.1) is 0 Å². The summed E-state index contributed by atoms with van der Waals surface area (Å²) in [4.78, 5) is 26.8. The molecule has 25 heavy (non-hydrogen) atoms. The number of nitrogens with zero attached hydrogens (tertiary/aromatic N) is 1. The first kappa shape index (κ1) is 17.3. The first-order chi connectivity index (χ1) is 11.8. The number of fused-ring (bicyclic) bond motifs is 1. The lowest BCUT2D eigenvalue weighted by Gasteiger charge is -2.39. The molecule has 0 saturated carbocycles. The van der Waals surface area contributed by atoms with Crippen molar-refractivity contribution < 1.29 is 9.59 Å². The van der Waals surface area contributed by atoms with Gasteiger partial charge in [0.05, 0.1) is 11.4 Å². The van der Waals surface area contributed by atoms with E-state index in [4.69, 9.17) is 11.6 Å². The van der Waals surface area contributed by atoms with Crippen molar-refractivity contribution in [3.8, 4) is 0 Å². The Balaban J connectivity index is 1.85. The Hall–Kier alpha value is -2.53. The molecule has 0 saturated heterocycles. The fourth-order valence-corrected chi connectivity index (χ4v) is 3.06. The standard InChI is InChI=1S/C19H20ClN3O2/c1-12-13(20)7-6-9-14(12)21-17(24)11-23-16-10-5-4-8-15(16)22-19(2,3)18(23)25/h4-10,22H,11H2,1-3H3,(H,21,24). The van der Waals surface area contributed by atoms with Crippen molar-refractivity contribution in [2.24, 2.45) is 0 Å². The van der Waals surface area contributed by atoms with Crippen LogP contribution in [0.4, 0.5) is 17.1 Å². The van der Waals surface area contributed by atoms with Gasteiger partial charge in [-0.25, -0.2) is 0 Å². The maximum Gasteiger partial charge on any atom is 0.252 e. The highest BCUT2D eigenvalue weighted by Crippen LogP contribution is 2.35. The second kappa shape index (κ2) is 6.41. The molecule has 0 unspecified atom stereocenters. The predicted octanol–water partition coefficient (Wildman–Crippen LogP) is 3.82. The molecule has 1 aliphatic rings. The molecule has 2 aromatic rings. The van der Waals surface area contributed by atoms with Crippen molar-refractivity contribution in [1.29, 1.82) is 0 Å².